The van der Waals surface area contributed by atoms with Gasteiger partial charge in [-0.3, -0.25) is 19.3 Å². The van der Waals surface area contributed by atoms with Gasteiger partial charge in [-0.1, -0.05) is 90.7 Å². The fourth-order valence-corrected chi connectivity index (χ4v) is 8.66. The van der Waals surface area contributed by atoms with Crippen LogP contribution in [0.15, 0.2) is 115 Å². The molecule has 0 saturated carbocycles. The molecule has 1 spiro atoms. The SMILES string of the molecule is O=C1OC(c2ccccc2)C(c2ccccc2)N2C1C(C(=O)O)C1(C(=O)Nc3ccc(C#CC4=CCCCC4)cc31)C2c1ccc(OCCO)cc1. The summed E-state index contributed by atoms with van der Waals surface area (Å²) in [7, 11) is 0. The Labute approximate surface area is 301 Å². The van der Waals surface area contributed by atoms with Gasteiger partial charge in [-0.15, -0.1) is 0 Å². The average molecular weight is 695 g/mol. The van der Waals surface area contributed by atoms with E-state index in [1.54, 1.807) is 18.2 Å². The molecule has 52 heavy (non-hydrogen) atoms. The lowest BCUT2D eigenvalue weighted by atomic mass is 9.65. The standard InChI is InChI=1S/C43H38N2O7/c46-24-25-51-32-21-19-31(20-22-32)39-43(33-26-28(18-23-34(33)44-42(43)50)17-16-27-10-4-1-5-11-27)35(40(47)48)37-41(49)52-38(30-14-8-3-9-15-30)36(45(37)39)29-12-6-2-7-13-29/h2-3,6-10,12-15,18-23,26,35-39,46H,1,4-5,11,24-25H2,(H,44,50)(H,47,48). The third kappa shape index (κ3) is 5.56. The third-order valence-corrected chi connectivity index (χ3v) is 10.8. The monoisotopic (exact) mass is 694 g/mol. The number of benzene rings is 4. The number of morpholine rings is 1. The van der Waals surface area contributed by atoms with Crippen molar-refractivity contribution in [2.75, 3.05) is 18.5 Å². The molecule has 0 bridgehead atoms. The van der Waals surface area contributed by atoms with E-state index >= 15 is 0 Å². The minimum atomic E-state index is -1.77. The zero-order chi connectivity index (χ0) is 35.8. The maximum absolute atomic E-state index is 14.9. The molecular weight excluding hydrogens is 656 g/mol. The molecule has 4 aromatic rings. The summed E-state index contributed by atoms with van der Waals surface area (Å²) in [6.07, 6.45) is 5.47. The first-order chi connectivity index (χ1) is 25.4. The van der Waals surface area contributed by atoms with E-state index in [9.17, 15) is 24.6 Å². The summed E-state index contributed by atoms with van der Waals surface area (Å²) in [6, 6.07) is 28.6. The van der Waals surface area contributed by atoms with Crippen molar-refractivity contribution in [3.8, 4) is 17.6 Å². The topological polar surface area (TPSA) is 125 Å². The first-order valence-electron chi connectivity index (χ1n) is 17.7. The van der Waals surface area contributed by atoms with Crippen molar-refractivity contribution in [1.29, 1.82) is 0 Å². The summed E-state index contributed by atoms with van der Waals surface area (Å²) in [6.45, 7) is -0.0659. The second-order valence-electron chi connectivity index (χ2n) is 13.7. The number of nitrogens with zero attached hydrogens (tertiary/aromatic N) is 1. The molecule has 1 aliphatic carbocycles. The Bertz CT molecular complexity index is 2100. The zero-order valence-corrected chi connectivity index (χ0v) is 28.4. The van der Waals surface area contributed by atoms with Crippen LogP contribution in [0, 0.1) is 17.8 Å². The normalized spacial score (nSPS) is 26.3. The molecule has 3 heterocycles. The van der Waals surface area contributed by atoms with Crippen LogP contribution in [0.5, 0.6) is 5.75 Å². The Hall–Kier alpha value is -5.69. The number of esters is 1. The van der Waals surface area contributed by atoms with Gasteiger partial charge >= 0.3 is 11.9 Å². The first kappa shape index (κ1) is 33.5. The lowest BCUT2D eigenvalue weighted by molar-refractivity contribution is -0.179. The molecule has 9 heteroatoms. The number of carboxylic acids is 1. The average Bonchev–Trinajstić information content (AvgIpc) is 3.66. The maximum atomic E-state index is 14.9. The summed E-state index contributed by atoms with van der Waals surface area (Å²) >= 11 is 0. The Morgan fingerprint density at radius 1 is 0.885 bits per heavy atom. The maximum Gasteiger partial charge on any atom is 0.325 e. The molecule has 8 rings (SSSR count). The van der Waals surface area contributed by atoms with Gasteiger partial charge in [0.25, 0.3) is 0 Å². The molecule has 6 atom stereocenters. The van der Waals surface area contributed by atoms with Crippen molar-refractivity contribution in [1.82, 2.24) is 4.90 Å². The highest BCUT2D eigenvalue weighted by Crippen LogP contribution is 2.64. The van der Waals surface area contributed by atoms with Gasteiger partial charge in [0.2, 0.25) is 5.91 Å². The minimum absolute atomic E-state index is 0.0964. The quantitative estimate of drug-likeness (QED) is 0.153. The molecule has 6 unspecified atom stereocenters. The van der Waals surface area contributed by atoms with E-state index in [2.05, 4.69) is 23.2 Å². The smallest absolute Gasteiger partial charge is 0.325 e. The van der Waals surface area contributed by atoms with Crippen LogP contribution in [0.4, 0.5) is 5.69 Å². The van der Waals surface area contributed by atoms with E-state index < -0.39 is 53.4 Å². The number of hydrogen-bond acceptors (Lipinski definition) is 7. The number of carbonyl (C=O) groups is 3. The van der Waals surface area contributed by atoms with Crippen LogP contribution in [0.3, 0.4) is 0 Å². The Morgan fingerprint density at radius 2 is 1.62 bits per heavy atom. The van der Waals surface area contributed by atoms with E-state index in [0.29, 0.717) is 28.1 Å². The Morgan fingerprint density at radius 3 is 2.29 bits per heavy atom. The predicted octanol–water partition coefficient (Wildman–Crippen LogP) is 6.27. The van der Waals surface area contributed by atoms with Crippen LogP contribution >= 0.6 is 0 Å². The molecule has 1 amide bonds. The molecule has 3 aliphatic heterocycles. The van der Waals surface area contributed by atoms with Crippen LogP contribution < -0.4 is 10.1 Å². The summed E-state index contributed by atoms with van der Waals surface area (Å²) in [5, 5.41) is 23.6. The van der Waals surface area contributed by atoms with E-state index in [4.69, 9.17) is 9.47 Å². The number of rotatable bonds is 7. The molecule has 4 aliphatic rings. The van der Waals surface area contributed by atoms with Crippen LogP contribution in [0.25, 0.3) is 0 Å². The lowest BCUT2D eigenvalue weighted by Gasteiger charge is -2.46. The van der Waals surface area contributed by atoms with E-state index in [-0.39, 0.29) is 13.2 Å². The number of allylic oxidation sites excluding steroid dienone is 2. The van der Waals surface area contributed by atoms with Crippen LogP contribution in [0.1, 0.15) is 71.7 Å². The van der Waals surface area contributed by atoms with E-state index in [1.165, 1.54) is 0 Å². The largest absolute Gasteiger partial charge is 0.491 e. The number of hydrogen-bond donors (Lipinski definition) is 3. The van der Waals surface area contributed by atoms with E-state index in [0.717, 1.165) is 42.4 Å². The van der Waals surface area contributed by atoms with Gasteiger partial charge in [-0.05, 0) is 83.8 Å². The van der Waals surface area contributed by atoms with Crippen molar-refractivity contribution in [3.05, 3.63) is 143 Å². The number of carbonyl (C=O) groups excluding carboxylic acids is 2. The Kier molecular flexibility index (Phi) is 8.87. The van der Waals surface area contributed by atoms with Gasteiger partial charge in [-0.2, -0.15) is 0 Å². The zero-order valence-electron chi connectivity index (χ0n) is 28.4. The molecule has 2 saturated heterocycles. The number of anilines is 1. The fraction of sp³-hybridized carbons (Fsp3) is 0.279. The summed E-state index contributed by atoms with van der Waals surface area (Å²) in [4.78, 5) is 45.0. The van der Waals surface area contributed by atoms with Gasteiger partial charge in [0.15, 0.2) is 0 Å². The molecule has 4 aromatic carbocycles. The number of amides is 1. The number of aliphatic hydroxyl groups excluding tert-OH is 1. The van der Waals surface area contributed by atoms with Crippen LogP contribution in [-0.4, -0.2) is 52.2 Å². The predicted molar refractivity (Wildman–Crippen MR) is 193 cm³/mol. The molecular formula is C43H38N2O7. The minimum Gasteiger partial charge on any atom is -0.491 e. The molecule has 3 N–H and O–H groups in total. The number of aliphatic carboxylic acids is 1. The number of aliphatic hydroxyl groups is 1. The highest BCUT2D eigenvalue weighted by molar-refractivity contribution is 6.11. The molecule has 262 valence electrons. The highest BCUT2D eigenvalue weighted by atomic mass is 16.6. The van der Waals surface area contributed by atoms with Crippen molar-refractivity contribution in [2.45, 2.75) is 55.3 Å². The van der Waals surface area contributed by atoms with Gasteiger partial charge < -0.3 is 25.0 Å². The molecule has 0 aromatic heterocycles. The molecule has 0 radical (unpaired) electrons. The number of ether oxygens (including phenoxy) is 2. The number of cyclic esters (lactones) is 1. The van der Waals surface area contributed by atoms with Gasteiger partial charge in [0.1, 0.15) is 35.8 Å². The van der Waals surface area contributed by atoms with Crippen LogP contribution in [-0.2, 0) is 24.5 Å². The van der Waals surface area contributed by atoms with Gasteiger partial charge in [0.05, 0.1) is 18.7 Å². The fourth-order valence-electron chi connectivity index (χ4n) is 8.66. The van der Waals surface area contributed by atoms with Crippen molar-refractivity contribution in [2.24, 2.45) is 5.92 Å². The molecule has 9 nitrogen and oxygen atoms in total. The summed E-state index contributed by atoms with van der Waals surface area (Å²) < 4.78 is 12.0. The van der Waals surface area contributed by atoms with Gasteiger partial charge in [-0.25, -0.2) is 0 Å². The second-order valence-corrected chi connectivity index (χ2v) is 13.7. The Balaban J connectivity index is 1.38. The summed E-state index contributed by atoms with van der Waals surface area (Å²) in [5.41, 5.74) is 3.08. The number of carboxylic acid groups (broad SMARTS) is 1. The van der Waals surface area contributed by atoms with Crippen molar-refractivity contribution in [3.63, 3.8) is 0 Å². The van der Waals surface area contributed by atoms with Crippen LogP contribution in [0.2, 0.25) is 0 Å². The van der Waals surface area contributed by atoms with Gasteiger partial charge in [0, 0.05) is 11.3 Å². The van der Waals surface area contributed by atoms with Crippen molar-refractivity contribution < 1.29 is 34.1 Å². The highest BCUT2D eigenvalue weighted by Gasteiger charge is 2.74. The molecule has 2 fully saturated rings. The second kappa shape index (κ2) is 13.8. The number of nitrogens with one attached hydrogen (secondary N) is 1. The summed E-state index contributed by atoms with van der Waals surface area (Å²) in [5.74, 6) is 3.06. The first-order valence-corrected chi connectivity index (χ1v) is 17.7. The number of fused-ring (bicyclic) bond motifs is 3. The van der Waals surface area contributed by atoms with Crippen molar-refractivity contribution >= 4 is 23.5 Å². The lowest BCUT2D eigenvalue weighted by Crippen LogP contribution is -2.52. The van der Waals surface area contributed by atoms with E-state index in [1.807, 2.05) is 89.8 Å². The third-order valence-electron chi connectivity index (χ3n) is 10.8.